The van der Waals surface area contributed by atoms with Crippen LogP contribution in [0.5, 0.6) is 11.5 Å². The van der Waals surface area contributed by atoms with Gasteiger partial charge in [0, 0.05) is 16.3 Å². The van der Waals surface area contributed by atoms with Gasteiger partial charge in [-0.1, -0.05) is 109 Å². The van der Waals surface area contributed by atoms with E-state index in [0.717, 1.165) is 46.1 Å². The minimum absolute atomic E-state index is 0.285. The molecule has 0 unspecified atom stereocenters. The van der Waals surface area contributed by atoms with E-state index in [2.05, 4.69) is 40.7 Å². The molecule has 2 nitrogen and oxygen atoms in total. The average molecular weight is 453 g/mol. The highest BCUT2D eigenvalue weighted by Gasteiger charge is 2.15. The molecule has 0 saturated heterocycles. The van der Waals surface area contributed by atoms with Crippen molar-refractivity contribution < 1.29 is 10.2 Å². The number of hydrogen-bond acceptors (Lipinski definition) is 2. The van der Waals surface area contributed by atoms with Gasteiger partial charge in [-0.2, -0.15) is 0 Å². The molecule has 2 N–H and O–H groups in total. The second kappa shape index (κ2) is 13.7. The Morgan fingerprint density at radius 2 is 1.30 bits per heavy atom. The molecule has 33 heavy (non-hydrogen) atoms. The Morgan fingerprint density at radius 1 is 0.788 bits per heavy atom. The standard InChI is InChI=1S/C31H48O2/c1-22(2)12-9-13-23(3)14-10-15-24(4)16-11-17-25(5)20-21-27-26(6)30(32)28-18-7-8-19-29(28)31(27)33/h7-8,18-20,22-24,32-33H,9-17,21H2,1-6H3/t23-,24-/m1/s1. The van der Waals surface area contributed by atoms with E-state index in [9.17, 15) is 10.2 Å². The van der Waals surface area contributed by atoms with E-state index in [1.807, 2.05) is 31.2 Å². The summed E-state index contributed by atoms with van der Waals surface area (Å²) in [6.45, 7) is 13.6. The lowest BCUT2D eigenvalue weighted by Crippen LogP contribution is -2.00. The molecule has 0 heterocycles. The third-order valence-corrected chi connectivity index (χ3v) is 7.33. The summed E-state index contributed by atoms with van der Waals surface area (Å²) in [6.07, 6.45) is 14.7. The molecule has 2 aromatic rings. The van der Waals surface area contributed by atoms with Gasteiger partial charge in [0.1, 0.15) is 11.5 Å². The van der Waals surface area contributed by atoms with Crippen LogP contribution in [0.25, 0.3) is 10.8 Å². The Bertz CT molecular complexity index is 893. The Balaban J connectivity index is 1.75. The van der Waals surface area contributed by atoms with Gasteiger partial charge in [0.05, 0.1) is 0 Å². The number of phenols is 2. The second-order valence-corrected chi connectivity index (χ2v) is 11.0. The van der Waals surface area contributed by atoms with Crippen molar-refractivity contribution in [1.82, 2.24) is 0 Å². The third-order valence-electron chi connectivity index (χ3n) is 7.33. The number of aromatic hydroxyl groups is 2. The molecule has 0 aliphatic carbocycles. The predicted molar refractivity (Wildman–Crippen MR) is 144 cm³/mol. The van der Waals surface area contributed by atoms with Crippen LogP contribution in [-0.2, 0) is 6.42 Å². The highest BCUT2D eigenvalue weighted by atomic mass is 16.3. The highest BCUT2D eigenvalue weighted by molar-refractivity contribution is 5.95. The summed E-state index contributed by atoms with van der Waals surface area (Å²) in [7, 11) is 0. The fourth-order valence-electron chi connectivity index (χ4n) is 4.92. The van der Waals surface area contributed by atoms with E-state index in [4.69, 9.17) is 0 Å². The highest BCUT2D eigenvalue weighted by Crippen LogP contribution is 2.39. The first-order chi connectivity index (χ1) is 15.7. The van der Waals surface area contributed by atoms with Gasteiger partial charge in [0.25, 0.3) is 0 Å². The molecule has 0 amide bonds. The normalized spacial score (nSPS) is 14.2. The van der Waals surface area contributed by atoms with E-state index in [-0.39, 0.29) is 5.75 Å². The Morgan fingerprint density at radius 3 is 1.88 bits per heavy atom. The van der Waals surface area contributed by atoms with Crippen LogP contribution < -0.4 is 0 Å². The van der Waals surface area contributed by atoms with Gasteiger partial charge in [-0.25, -0.2) is 0 Å². The van der Waals surface area contributed by atoms with E-state index < -0.39 is 0 Å². The molecule has 2 rings (SSSR count). The van der Waals surface area contributed by atoms with Gasteiger partial charge in [0.15, 0.2) is 0 Å². The number of phenolic OH excluding ortho intramolecular Hbond substituents is 2. The number of allylic oxidation sites excluding steroid dienone is 2. The zero-order valence-electron chi connectivity index (χ0n) is 22.1. The Labute approximate surface area is 203 Å². The monoisotopic (exact) mass is 452 g/mol. The zero-order valence-corrected chi connectivity index (χ0v) is 22.1. The number of hydrogen-bond donors (Lipinski definition) is 2. The van der Waals surface area contributed by atoms with Gasteiger partial charge in [0.2, 0.25) is 0 Å². The summed E-state index contributed by atoms with van der Waals surface area (Å²) in [5.74, 6) is 3.09. The van der Waals surface area contributed by atoms with Crippen molar-refractivity contribution in [3.63, 3.8) is 0 Å². The topological polar surface area (TPSA) is 40.5 Å². The molecular weight excluding hydrogens is 404 g/mol. The fourth-order valence-corrected chi connectivity index (χ4v) is 4.92. The van der Waals surface area contributed by atoms with Gasteiger partial charge in [-0.3, -0.25) is 0 Å². The summed E-state index contributed by atoms with van der Waals surface area (Å²) in [4.78, 5) is 0. The first-order valence-electron chi connectivity index (χ1n) is 13.3. The average Bonchev–Trinajstić information content (AvgIpc) is 2.77. The maximum absolute atomic E-state index is 10.8. The van der Waals surface area contributed by atoms with Crippen molar-refractivity contribution in [3.05, 3.63) is 47.0 Å². The van der Waals surface area contributed by atoms with Crippen molar-refractivity contribution in [2.45, 2.75) is 106 Å². The first kappa shape index (κ1) is 27.3. The molecule has 0 aliphatic rings. The fraction of sp³-hybridized carbons (Fsp3) is 0.613. The lowest BCUT2D eigenvalue weighted by Gasteiger charge is -2.15. The van der Waals surface area contributed by atoms with Crippen LogP contribution in [0.2, 0.25) is 0 Å². The molecular formula is C31H48O2. The smallest absolute Gasteiger partial charge is 0.127 e. The molecule has 0 spiro atoms. The molecule has 2 atom stereocenters. The zero-order chi connectivity index (χ0) is 24.4. The van der Waals surface area contributed by atoms with Crippen molar-refractivity contribution in [1.29, 1.82) is 0 Å². The van der Waals surface area contributed by atoms with Gasteiger partial charge in [-0.05, 0) is 56.4 Å². The summed E-state index contributed by atoms with van der Waals surface area (Å²) in [5, 5.41) is 22.8. The molecule has 0 bridgehead atoms. The molecule has 2 aromatic carbocycles. The summed E-state index contributed by atoms with van der Waals surface area (Å²) >= 11 is 0. The molecule has 0 aromatic heterocycles. The van der Waals surface area contributed by atoms with Crippen LogP contribution in [0.1, 0.15) is 104 Å². The lowest BCUT2D eigenvalue weighted by atomic mass is 9.91. The predicted octanol–water partition coefficient (Wildman–Crippen LogP) is 9.49. The summed E-state index contributed by atoms with van der Waals surface area (Å²) in [5.41, 5.74) is 2.98. The van der Waals surface area contributed by atoms with E-state index >= 15 is 0 Å². The van der Waals surface area contributed by atoms with Crippen molar-refractivity contribution in [2.24, 2.45) is 17.8 Å². The third kappa shape index (κ3) is 8.72. The van der Waals surface area contributed by atoms with Gasteiger partial charge < -0.3 is 10.2 Å². The molecule has 0 radical (unpaired) electrons. The van der Waals surface area contributed by atoms with E-state index in [0.29, 0.717) is 12.2 Å². The maximum Gasteiger partial charge on any atom is 0.127 e. The maximum atomic E-state index is 10.8. The van der Waals surface area contributed by atoms with Gasteiger partial charge >= 0.3 is 0 Å². The number of fused-ring (bicyclic) bond motifs is 1. The van der Waals surface area contributed by atoms with Crippen molar-refractivity contribution in [2.75, 3.05) is 0 Å². The van der Waals surface area contributed by atoms with Crippen molar-refractivity contribution in [3.8, 4) is 11.5 Å². The molecule has 2 heteroatoms. The van der Waals surface area contributed by atoms with Crippen LogP contribution in [-0.4, -0.2) is 10.2 Å². The van der Waals surface area contributed by atoms with Crippen LogP contribution in [0.3, 0.4) is 0 Å². The van der Waals surface area contributed by atoms with Crippen LogP contribution in [0.4, 0.5) is 0 Å². The second-order valence-electron chi connectivity index (χ2n) is 11.0. The largest absolute Gasteiger partial charge is 0.507 e. The van der Waals surface area contributed by atoms with E-state index in [1.165, 1.54) is 56.9 Å². The SMILES string of the molecule is CC(=CCc1c(C)c(O)c2ccccc2c1O)CCC[C@H](C)CCC[C@H](C)CCCC(C)C. The lowest BCUT2D eigenvalue weighted by molar-refractivity contribution is 0.389. The Hall–Kier alpha value is -1.96. The molecule has 0 saturated carbocycles. The Kier molecular flexibility index (Phi) is 11.3. The molecule has 184 valence electrons. The quantitative estimate of drug-likeness (QED) is 0.221. The van der Waals surface area contributed by atoms with Crippen molar-refractivity contribution >= 4 is 10.8 Å². The van der Waals surface area contributed by atoms with Crippen LogP contribution in [0.15, 0.2) is 35.9 Å². The van der Waals surface area contributed by atoms with Gasteiger partial charge in [-0.15, -0.1) is 0 Å². The summed E-state index contributed by atoms with van der Waals surface area (Å²) < 4.78 is 0. The number of benzene rings is 2. The molecule has 0 aliphatic heterocycles. The number of rotatable bonds is 14. The first-order valence-corrected chi connectivity index (χ1v) is 13.3. The minimum Gasteiger partial charge on any atom is -0.507 e. The summed E-state index contributed by atoms with van der Waals surface area (Å²) in [6, 6.07) is 7.52. The minimum atomic E-state index is 0.285. The van der Waals surface area contributed by atoms with Crippen LogP contribution >= 0.6 is 0 Å². The molecule has 0 fully saturated rings. The van der Waals surface area contributed by atoms with Crippen LogP contribution in [0, 0.1) is 24.7 Å². The van der Waals surface area contributed by atoms with E-state index in [1.54, 1.807) is 0 Å².